The molecule has 0 bridgehead atoms. The minimum absolute atomic E-state index is 0.0606. The van der Waals surface area contributed by atoms with Crippen LogP contribution in [0.5, 0.6) is 0 Å². The van der Waals surface area contributed by atoms with E-state index in [2.05, 4.69) is 5.32 Å². The number of nitriles is 1. The fourth-order valence-electron chi connectivity index (χ4n) is 2.24. The van der Waals surface area contributed by atoms with Gasteiger partial charge in [-0.1, -0.05) is 0 Å². The molecule has 0 spiro atoms. The Balaban J connectivity index is 2.22. The Hall–Kier alpha value is -2.13. The number of hydrogen-bond donors (Lipinski definition) is 2. The molecule has 1 saturated carbocycles. The van der Waals surface area contributed by atoms with Crippen molar-refractivity contribution >= 4 is 11.4 Å². The van der Waals surface area contributed by atoms with Crippen molar-refractivity contribution in [3.63, 3.8) is 0 Å². The van der Waals surface area contributed by atoms with E-state index in [-0.39, 0.29) is 23.3 Å². The first-order valence-electron chi connectivity index (χ1n) is 5.81. The van der Waals surface area contributed by atoms with E-state index >= 15 is 0 Å². The highest BCUT2D eigenvalue weighted by Gasteiger charge is 2.24. The number of anilines is 1. The van der Waals surface area contributed by atoms with E-state index in [0.29, 0.717) is 5.69 Å². The molecule has 3 N–H and O–H groups in total. The van der Waals surface area contributed by atoms with Crippen molar-refractivity contribution < 1.29 is 4.92 Å². The normalized spacial score (nSPS) is 22.4. The van der Waals surface area contributed by atoms with Crippen LogP contribution >= 0.6 is 0 Å². The fourth-order valence-corrected chi connectivity index (χ4v) is 2.24. The van der Waals surface area contributed by atoms with Gasteiger partial charge in [0.2, 0.25) is 0 Å². The summed E-state index contributed by atoms with van der Waals surface area (Å²) in [6, 6.07) is 6.68. The second-order valence-electron chi connectivity index (χ2n) is 4.52. The van der Waals surface area contributed by atoms with Crippen LogP contribution in [0, 0.1) is 21.4 Å². The zero-order chi connectivity index (χ0) is 13.1. The van der Waals surface area contributed by atoms with Gasteiger partial charge >= 0.3 is 0 Å². The van der Waals surface area contributed by atoms with Gasteiger partial charge in [0.05, 0.1) is 16.6 Å². The van der Waals surface area contributed by atoms with Crippen LogP contribution < -0.4 is 11.1 Å². The SMILES string of the molecule is N#Cc1ccc(NC2CCC(N)C2)c([N+](=O)[O-])c1. The van der Waals surface area contributed by atoms with Crippen molar-refractivity contribution in [3.05, 3.63) is 33.9 Å². The highest BCUT2D eigenvalue weighted by molar-refractivity contribution is 5.64. The number of hydrogen-bond acceptors (Lipinski definition) is 5. The second-order valence-corrected chi connectivity index (χ2v) is 4.52. The summed E-state index contributed by atoms with van der Waals surface area (Å²) in [5.74, 6) is 0. The lowest BCUT2D eigenvalue weighted by Crippen LogP contribution is -2.21. The van der Waals surface area contributed by atoms with Crippen molar-refractivity contribution in [2.45, 2.75) is 31.3 Å². The minimum Gasteiger partial charge on any atom is -0.377 e. The number of nitrogens with two attached hydrogens (primary N) is 1. The summed E-state index contributed by atoms with van der Waals surface area (Å²) >= 11 is 0. The Morgan fingerprint density at radius 1 is 1.50 bits per heavy atom. The lowest BCUT2D eigenvalue weighted by molar-refractivity contribution is -0.384. The molecular formula is C12H14N4O2. The summed E-state index contributed by atoms with van der Waals surface area (Å²) in [7, 11) is 0. The van der Waals surface area contributed by atoms with Crippen LogP contribution in [-0.4, -0.2) is 17.0 Å². The van der Waals surface area contributed by atoms with Gasteiger partial charge in [-0.25, -0.2) is 0 Å². The van der Waals surface area contributed by atoms with Crippen molar-refractivity contribution in [1.29, 1.82) is 5.26 Å². The number of nitrogens with zero attached hydrogens (tertiary/aromatic N) is 2. The molecule has 0 amide bonds. The van der Waals surface area contributed by atoms with E-state index in [1.54, 1.807) is 12.1 Å². The van der Waals surface area contributed by atoms with Gasteiger partial charge in [-0.3, -0.25) is 10.1 Å². The molecule has 0 heterocycles. The van der Waals surface area contributed by atoms with Gasteiger partial charge in [-0.05, 0) is 31.4 Å². The molecule has 0 aromatic heterocycles. The highest BCUT2D eigenvalue weighted by atomic mass is 16.6. The van der Waals surface area contributed by atoms with Crippen molar-refractivity contribution in [2.24, 2.45) is 5.73 Å². The standard InChI is InChI=1S/C12H14N4O2/c13-7-8-1-4-11(12(5-8)16(17)18)15-10-3-2-9(14)6-10/h1,4-5,9-10,15H,2-3,6,14H2. The molecule has 94 valence electrons. The summed E-state index contributed by atoms with van der Waals surface area (Å²) in [4.78, 5) is 10.5. The van der Waals surface area contributed by atoms with Crippen LogP contribution in [0.1, 0.15) is 24.8 Å². The molecule has 2 unspecified atom stereocenters. The summed E-state index contributed by atoms with van der Waals surface area (Å²) in [6.07, 6.45) is 2.66. The Kier molecular flexibility index (Phi) is 3.44. The number of rotatable bonds is 3. The van der Waals surface area contributed by atoms with Crippen molar-refractivity contribution in [3.8, 4) is 6.07 Å². The Labute approximate surface area is 105 Å². The maximum Gasteiger partial charge on any atom is 0.293 e. The average molecular weight is 246 g/mol. The predicted molar refractivity (Wildman–Crippen MR) is 67.0 cm³/mol. The molecule has 1 aromatic carbocycles. The first-order chi connectivity index (χ1) is 8.60. The molecule has 0 aliphatic heterocycles. The number of benzene rings is 1. The zero-order valence-corrected chi connectivity index (χ0v) is 9.80. The Morgan fingerprint density at radius 3 is 2.83 bits per heavy atom. The summed E-state index contributed by atoms with van der Waals surface area (Å²) in [5, 5.41) is 22.8. The van der Waals surface area contributed by atoms with E-state index in [1.165, 1.54) is 6.07 Å². The molecule has 18 heavy (non-hydrogen) atoms. The third-order valence-electron chi connectivity index (χ3n) is 3.16. The largest absolute Gasteiger partial charge is 0.377 e. The van der Waals surface area contributed by atoms with Crippen LogP contribution in [0.3, 0.4) is 0 Å². The van der Waals surface area contributed by atoms with Gasteiger partial charge in [0.25, 0.3) is 5.69 Å². The molecule has 1 aromatic rings. The molecule has 0 radical (unpaired) electrons. The summed E-state index contributed by atoms with van der Waals surface area (Å²) in [5.41, 5.74) is 6.49. The van der Waals surface area contributed by atoms with Crippen LogP contribution in [0.4, 0.5) is 11.4 Å². The first kappa shape index (κ1) is 12.3. The smallest absolute Gasteiger partial charge is 0.293 e. The molecular weight excluding hydrogens is 232 g/mol. The average Bonchev–Trinajstić information content (AvgIpc) is 2.75. The lowest BCUT2D eigenvalue weighted by Gasteiger charge is -2.13. The van der Waals surface area contributed by atoms with Gasteiger partial charge in [0.15, 0.2) is 0 Å². The van der Waals surface area contributed by atoms with E-state index in [9.17, 15) is 10.1 Å². The molecule has 2 atom stereocenters. The molecule has 6 nitrogen and oxygen atoms in total. The predicted octanol–water partition coefficient (Wildman–Crippen LogP) is 1.76. The molecule has 0 saturated heterocycles. The van der Waals surface area contributed by atoms with Crippen LogP contribution in [0.25, 0.3) is 0 Å². The van der Waals surface area contributed by atoms with E-state index < -0.39 is 4.92 Å². The molecule has 1 aliphatic rings. The maximum absolute atomic E-state index is 11.0. The number of nitrogens with one attached hydrogen (secondary N) is 1. The molecule has 6 heteroatoms. The summed E-state index contributed by atoms with van der Waals surface area (Å²) in [6.45, 7) is 0. The van der Waals surface area contributed by atoms with E-state index in [4.69, 9.17) is 11.0 Å². The van der Waals surface area contributed by atoms with Crippen molar-refractivity contribution in [2.75, 3.05) is 5.32 Å². The van der Waals surface area contributed by atoms with Crippen LogP contribution in [-0.2, 0) is 0 Å². The maximum atomic E-state index is 11.0. The van der Waals surface area contributed by atoms with Crippen LogP contribution in [0.2, 0.25) is 0 Å². The molecule has 1 aliphatic carbocycles. The van der Waals surface area contributed by atoms with Gasteiger partial charge < -0.3 is 11.1 Å². The third kappa shape index (κ3) is 2.57. The minimum atomic E-state index is -0.474. The third-order valence-corrected chi connectivity index (χ3v) is 3.16. The highest BCUT2D eigenvalue weighted by Crippen LogP contribution is 2.29. The second kappa shape index (κ2) is 5.02. The Bertz CT molecular complexity index is 509. The topological polar surface area (TPSA) is 105 Å². The lowest BCUT2D eigenvalue weighted by atomic mass is 10.1. The quantitative estimate of drug-likeness (QED) is 0.624. The first-order valence-corrected chi connectivity index (χ1v) is 5.81. The van der Waals surface area contributed by atoms with Gasteiger partial charge in [-0.2, -0.15) is 5.26 Å². The van der Waals surface area contributed by atoms with E-state index in [1.807, 2.05) is 6.07 Å². The molecule has 2 rings (SSSR count). The van der Waals surface area contributed by atoms with Gasteiger partial charge in [0, 0.05) is 18.2 Å². The monoisotopic (exact) mass is 246 g/mol. The zero-order valence-electron chi connectivity index (χ0n) is 9.80. The Morgan fingerprint density at radius 2 is 2.28 bits per heavy atom. The van der Waals surface area contributed by atoms with Gasteiger partial charge in [-0.15, -0.1) is 0 Å². The number of nitro groups is 1. The number of nitro benzene ring substituents is 1. The fraction of sp³-hybridized carbons (Fsp3) is 0.417. The van der Waals surface area contributed by atoms with E-state index in [0.717, 1.165) is 19.3 Å². The summed E-state index contributed by atoms with van der Waals surface area (Å²) < 4.78 is 0. The van der Waals surface area contributed by atoms with Crippen molar-refractivity contribution in [1.82, 2.24) is 0 Å². The van der Waals surface area contributed by atoms with Crippen LogP contribution in [0.15, 0.2) is 18.2 Å². The molecule has 1 fully saturated rings. The van der Waals surface area contributed by atoms with Gasteiger partial charge in [0.1, 0.15) is 5.69 Å².